The van der Waals surface area contributed by atoms with Crippen LogP contribution in [0.2, 0.25) is 0 Å². The topological polar surface area (TPSA) is 107 Å². The number of nitrogens with one attached hydrogen (secondary N) is 1. The molecule has 1 unspecified atom stereocenters. The van der Waals surface area contributed by atoms with Crippen LogP contribution in [-0.4, -0.2) is 61.8 Å². The van der Waals surface area contributed by atoms with Crippen LogP contribution in [0.3, 0.4) is 0 Å². The number of rotatable bonds is 6. The molecule has 2 aliphatic heterocycles. The maximum absolute atomic E-state index is 12.6. The van der Waals surface area contributed by atoms with Crippen molar-refractivity contribution in [2.24, 2.45) is 0 Å². The highest BCUT2D eigenvalue weighted by Crippen LogP contribution is 2.55. The molecule has 1 fully saturated rings. The lowest BCUT2D eigenvalue weighted by Gasteiger charge is -2.57. The summed E-state index contributed by atoms with van der Waals surface area (Å²) in [5, 5.41) is 23.5. The molecule has 3 N–H and O–H groups in total. The summed E-state index contributed by atoms with van der Waals surface area (Å²) in [5.74, 6) is -1.70. The molecule has 2 aliphatic rings. The van der Waals surface area contributed by atoms with Gasteiger partial charge in [-0.25, -0.2) is 4.79 Å². The smallest absolute Gasteiger partial charge is 0.352 e. The Morgan fingerprint density at radius 3 is 2.84 bits per heavy atom. The van der Waals surface area contributed by atoms with Gasteiger partial charge < -0.3 is 15.5 Å². The first-order chi connectivity index (χ1) is 11.9. The number of aliphatic hydroxyl groups is 1. The highest BCUT2D eigenvalue weighted by atomic mass is 32.2. The van der Waals surface area contributed by atoms with E-state index in [2.05, 4.69) is 5.32 Å². The first-order valence-corrected chi connectivity index (χ1v) is 10.4. The first kappa shape index (κ1) is 18.3. The second-order valence-electron chi connectivity index (χ2n) is 5.47. The van der Waals surface area contributed by atoms with Gasteiger partial charge in [-0.2, -0.15) is 0 Å². The van der Waals surface area contributed by atoms with E-state index in [4.69, 9.17) is 0 Å². The number of thioether (sulfide) groups is 2. The van der Waals surface area contributed by atoms with Gasteiger partial charge in [0, 0.05) is 10.6 Å². The third-order valence-corrected chi connectivity index (χ3v) is 8.12. The van der Waals surface area contributed by atoms with E-state index in [1.165, 1.54) is 39.8 Å². The van der Waals surface area contributed by atoms with E-state index < -0.39 is 28.7 Å². The number of carbonyl (C=O) groups excluding carboxylic acids is 2. The molecule has 3 rings (SSSR count). The van der Waals surface area contributed by atoms with Crippen molar-refractivity contribution < 1.29 is 24.6 Å². The fourth-order valence-electron chi connectivity index (χ4n) is 2.90. The van der Waals surface area contributed by atoms with Gasteiger partial charge in [-0.15, -0.1) is 34.9 Å². The van der Waals surface area contributed by atoms with Crippen molar-refractivity contribution in [2.75, 3.05) is 18.6 Å². The third kappa shape index (κ3) is 2.97. The van der Waals surface area contributed by atoms with Crippen LogP contribution in [0.1, 0.15) is 4.88 Å². The van der Waals surface area contributed by atoms with E-state index in [-0.39, 0.29) is 18.0 Å². The van der Waals surface area contributed by atoms with Crippen molar-refractivity contribution in [3.05, 3.63) is 33.7 Å². The standard InChI is InChI=1S/C15H16N2O5S3/c1-23-15-12(16-10(19)5-9-3-2-4-24-9)13(20)17(15)11(14(21)22)8(6-18)7-25-15/h2-4,12,18H,5-7H2,1H3,(H,16,19)(H,21,22)/t12?,15-/m1/s1. The lowest BCUT2D eigenvalue weighted by Crippen LogP contribution is -2.77. The second-order valence-corrected chi connectivity index (χ2v) is 8.99. The van der Waals surface area contributed by atoms with Crippen LogP contribution in [0.5, 0.6) is 0 Å². The number of nitrogens with zero attached hydrogens (tertiary/aromatic N) is 1. The molecule has 25 heavy (non-hydrogen) atoms. The number of β-lactam (4-membered cyclic amide) rings is 1. The molecule has 0 spiro atoms. The largest absolute Gasteiger partial charge is 0.477 e. The Morgan fingerprint density at radius 1 is 1.52 bits per heavy atom. The minimum atomic E-state index is -1.25. The van der Waals surface area contributed by atoms with Crippen molar-refractivity contribution in [2.45, 2.75) is 16.7 Å². The van der Waals surface area contributed by atoms with Gasteiger partial charge in [0.05, 0.1) is 13.0 Å². The predicted octanol–water partition coefficient (Wildman–Crippen LogP) is 0.712. The van der Waals surface area contributed by atoms with Crippen LogP contribution < -0.4 is 5.32 Å². The summed E-state index contributed by atoms with van der Waals surface area (Å²) in [5.41, 5.74) is 0.128. The predicted molar refractivity (Wildman–Crippen MR) is 97.3 cm³/mol. The minimum Gasteiger partial charge on any atom is -0.477 e. The molecular weight excluding hydrogens is 384 g/mol. The first-order valence-electron chi connectivity index (χ1n) is 7.35. The maximum atomic E-state index is 12.6. The van der Waals surface area contributed by atoms with Crippen LogP contribution in [-0.2, 0) is 20.8 Å². The van der Waals surface area contributed by atoms with Crippen LogP contribution >= 0.6 is 34.9 Å². The Balaban J connectivity index is 1.82. The van der Waals surface area contributed by atoms with Crippen molar-refractivity contribution in [1.82, 2.24) is 10.2 Å². The average Bonchev–Trinajstić information content (AvgIpc) is 3.10. The van der Waals surface area contributed by atoms with Gasteiger partial charge in [0.2, 0.25) is 5.91 Å². The van der Waals surface area contributed by atoms with Crippen molar-refractivity contribution in [3.63, 3.8) is 0 Å². The summed E-state index contributed by atoms with van der Waals surface area (Å²) < 4.78 is -0.894. The lowest BCUT2D eigenvalue weighted by molar-refractivity contribution is -0.152. The zero-order chi connectivity index (χ0) is 18.2. The van der Waals surface area contributed by atoms with Crippen LogP contribution in [0, 0.1) is 0 Å². The fraction of sp³-hybridized carbons (Fsp3) is 0.400. The maximum Gasteiger partial charge on any atom is 0.352 e. The normalized spacial score (nSPS) is 25.4. The summed E-state index contributed by atoms with van der Waals surface area (Å²) in [6, 6.07) is 2.90. The minimum absolute atomic E-state index is 0.177. The van der Waals surface area contributed by atoms with Gasteiger partial charge in [-0.1, -0.05) is 6.07 Å². The molecule has 0 aliphatic carbocycles. The summed E-state index contributed by atoms with van der Waals surface area (Å²) in [4.78, 5) is 38.5. The highest BCUT2D eigenvalue weighted by molar-refractivity contribution is 8.18. The van der Waals surface area contributed by atoms with E-state index in [0.29, 0.717) is 11.3 Å². The Kier molecular flexibility index (Phi) is 5.14. The number of carbonyl (C=O) groups is 3. The van der Waals surface area contributed by atoms with E-state index in [0.717, 1.165) is 4.88 Å². The molecule has 134 valence electrons. The van der Waals surface area contributed by atoms with E-state index in [1.54, 1.807) is 6.26 Å². The van der Waals surface area contributed by atoms with Gasteiger partial charge in [0.1, 0.15) is 5.70 Å². The number of carboxylic acids is 1. The van der Waals surface area contributed by atoms with Gasteiger partial charge in [-0.3, -0.25) is 14.5 Å². The summed E-state index contributed by atoms with van der Waals surface area (Å²) in [6.45, 7) is -0.418. The van der Waals surface area contributed by atoms with Gasteiger partial charge in [0.15, 0.2) is 10.2 Å². The van der Waals surface area contributed by atoms with E-state index in [1.807, 2.05) is 17.5 Å². The molecule has 0 radical (unpaired) electrons. The Bertz CT molecular complexity index is 748. The molecule has 1 aromatic heterocycles. The number of thiophene rings is 1. The molecule has 1 saturated heterocycles. The molecule has 2 amide bonds. The summed E-state index contributed by atoms with van der Waals surface area (Å²) in [6.07, 6.45) is 1.95. The monoisotopic (exact) mass is 400 g/mol. The highest BCUT2D eigenvalue weighted by Gasteiger charge is 2.65. The molecule has 1 aromatic rings. The molecule has 0 aromatic carbocycles. The van der Waals surface area contributed by atoms with E-state index >= 15 is 0 Å². The lowest BCUT2D eigenvalue weighted by atomic mass is 10.0. The molecule has 7 nitrogen and oxygen atoms in total. The van der Waals surface area contributed by atoms with Gasteiger partial charge in [-0.05, 0) is 23.3 Å². The molecule has 0 bridgehead atoms. The third-order valence-electron chi connectivity index (χ3n) is 4.06. The Hall–Kier alpha value is -1.49. The average molecular weight is 401 g/mol. The fourth-order valence-corrected chi connectivity index (χ4v) is 6.26. The van der Waals surface area contributed by atoms with Gasteiger partial charge >= 0.3 is 5.97 Å². The molecule has 3 heterocycles. The van der Waals surface area contributed by atoms with Gasteiger partial charge in [0.25, 0.3) is 5.91 Å². The zero-order valence-electron chi connectivity index (χ0n) is 13.2. The number of carboxylic acid groups (broad SMARTS) is 1. The molecular formula is C15H16N2O5S3. The van der Waals surface area contributed by atoms with Crippen molar-refractivity contribution in [3.8, 4) is 0 Å². The number of aliphatic hydroxyl groups excluding tert-OH is 1. The SMILES string of the molecule is CS[C@]12SCC(CO)=C(C(=O)O)N1C(=O)C2NC(=O)Cc1cccs1. The quantitative estimate of drug-likeness (QED) is 0.604. The molecule has 10 heteroatoms. The summed E-state index contributed by atoms with van der Waals surface area (Å²) in [7, 11) is 0. The van der Waals surface area contributed by atoms with Crippen molar-refractivity contribution >= 4 is 52.6 Å². The Morgan fingerprint density at radius 2 is 2.28 bits per heavy atom. The second kappa shape index (κ2) is 7.02. The molecule has 2 atom stereocenters. The Labute approximate surface area is 156 Å². The van der Waals surface area contributed by atoms with Crippen LogP contribution in [0.15, 0.2) is 28.8 Å². The van der Waals surface area contributed by atoms with E-state index in [9.17, 15) is 24.6 Å². The van der Waals surface area contributed by atoms with Crippen LogP contribution in [0.25, 0.3) is 0 Å². The van der Waals surface area contributed by atoms with Crippen molar-refractivity contribution in [1.29, 1.82) is 0 Å². The number of fused-ring (bicyclic) bond motifs is 1. The molecule has 0 saturated carbocycles. The number of hydrogen-bond acceptors (Lipinski definition) is 7. The zero-order valence-corrected chi connectivity index (χ0v) is 15.7. The number of aliphatic carboxylic acids is 1. The number of hydrogen-bond donors (Lipinski definition) is 3. The number of amides is 2. The van der Waals surface area contributed by atoms with Crippen LogP contribution in [0.4, 0.5) is 0 Å². The summed E-state index contributed by atoms with van der Waals surface area (Å²) >= 11 is 4.13.